The van der Waals surface area contributed by atoms with Crippen molar-refractivity contribution in [1.29, 1.82) is 0 Å². The maximum Gasteiger partial charge on any atom is 0.707 e. The van der Waals surface area contributed by atoms with Gasteiger partial charge in [-0.3, -0.25) is 5.32 Å². The third kappa shape index (κ3) is 4.34. The molecule has 0 spiro atoms. The highest BCUT2D eigenvalue weighted by Crippen LogP contribution is 2.37. The quantitative estimate of drug-likeness (QED) is 0.744. The SMILES string of the molecule is Cc1cc2sc(NC(=O)OC(C)(C)C)nc2c(OB(O)O)c1C. The van der Waals surface area contributed by atoms with E-state index in [0.29, 0.717) is 10.6 Å². The largest absolute Gasteiger partial charge is 0.707 e. The first-order chi connectivity index (χ1) is 10.6. The maximum atomic E-state index is 11.8. The lowest BCUT2D eigenvalue weighted by atomic mass is 10.1. The van der Waals surface area contributed by atoms with Crippen LogP contribution in [0.25, 0.3) is 10.2 Å². The standard InChI is InChI=1S/C14H19BN2O5S/c1-7-6-9-10(11(8(7)2)22-15(19)20)16-12(23-9)17-13(18)21-14(3,4)5/h6,19-20H,1-5H3,(H,16,17,18). The molecule has 0 unspecified atom stereocenters. The number of hydrogen-bond donors (Lipinski definition) is 3. The molecule has 2 aromatic rings. The maximum absolute atomic E-state index is 11.8. The Morgan fingerprint density at radius 1 is 1.35 bits per heavy atom. The number of benzene rings is 1. The second-order valence-electron chi connectivity index (χ2n) is 6.08. The zero-order chi connectivity index (χ0) is 17.4. The molecule has 1 aromatic heterocycles. The molecule has 3 N–H and O–H groups in total. The van der Waals surface area contributed by atoms with E-state index in [1.165, 1.54) is 11.3 Å². The fraction of sp³-hybridized carbons (Fsp3) is 0.429. The molecule has 1 amide bonds. The smallest absolute Gasteiger partial charge is 0.510 e. The molecule has 0 saturated carbocycles. The average molecular weight is 338 g/mol. The monoisotopic (exact) mass is 338 g/mol. The molecule has 0 aliphatic heterocycles. The van der Waals surface area contributed by atoms with Crippen LogP contribution in [0.15, 0.2) is 6.07 Å². The summed E-state index contributed by atoms with van der Waals surface area (Å²) in [7, 11) is -1.94. The second-order valence-corrected chi connectivity index (χ2v) is 7.12. The average Bonchev–Trinajstić information content (AvgIpc) is 2.74. The summed E-state index contributed by atoms with van der Waals surface area (Å²) in [5.74, 6) is 0.281. The van der Waals surface area contributed by atoms with Crippen molar-refractivity contribution in [3.63, 3.8) is 0 Å². The molecule has 1 aromatic carbocycles. The van der Waals surface area contributed by atoms with E-state index < -0.39 is 19.0 Å². The van der Waals surface area contributed by atoms with Gasteiger partial charge in [0.1, 0.15) is 16.9 Å². The van der Waals surface area contributed by atoms with Gasteiger partial charge in [0.25, 0.3) is 0 Å². The first-order valence-corrected chi connectivity index (χ1v) is 7.82. The molecular weight excluding hydrogens is 319 g/mol. The summed E-state index contributed by atoms with van der Waals surface area (Å²) in [6.07, 6.45) is -0.602. The minimum Gasteiger partial charge on any atom is -0.510 e. The van der Waals surface area contributed by atoms with Crippen LogP contribution in [0.1, 0.15) is 31.9 Å². The number of amides is 1. The van der Waals surface area contributed by atoms with Crippen molar-refractivity contribution in [3.8, 4) is 5.75 Å². The molecule has 7 nitrogen and oxygen atoms in total. The van der Waals surface area contributed by atoms with Gasteiger partial charge in [-0.2, -0.15) is 0 Å². The number of carbonyl (C=O) groups excluding carboxylic acids is 1. The Hall–Kier alpha value is -1.84. The number of rotatable bonds is 3. The lowest BCUT2D eigenvalue weighted by molar-refractivity contribution is 0.0636. The Morgan fingerprint density at radius 3 is 2.57 bits per heavy atom. The van der Waals surface area contributed by atoms with Crippen LogP contribution in [0.2, 0.25) is 0 Å². The number of aryl methyl sites for hydroxylation is 1. The topological polar surface area (TPSA) is 101 Å². The first-order valence-electron chi connectivity index (χ1n) is 7.00. The molecule has 9 heteroatoms. The van der Waals surface area contributed by atoms with Gasteiger partial charge in [-0.25, -0.2) is 9.78 Å². The zero-order valence-corrected chi connectivity index (χ0v) is 14.4. The summed E-state index contributed by atoms with van der Waals surface area (Å²) >= 11 is 1.25. The Morgan fingerprint density at radius 2 is 2.00 bits per heavy atom. The van der Waals surface area contributed by atoms with Gasteiger partial charge >= 0.3 is 13.4 Å². The molecule has 0 aliphatic rings. The first kappa shape index (κ1) is 17.5. The van der Waals surface area contributed by atoms with E-state index in [1.807, 2.05) is 13.0 Å². The van der Waals surface area contributed by atoms with E-state index in [2.05, 4.69) is 10.3 Å². The number of carbonyl (C=O) groups is 1. The predicted molar refractivity (Wildman–Crippen MR) is 89.8 cm³/mol. The zero-order valence-electron chi connectivity index (χ0n) is 13.6. The summed E-state index contributed by atoms with van der Waals surface area (Å²) in [6.45, 7) is 8.99. The molecule has 2 rings (SSSR count). The molecular formula is C14H19BN2O5S. The fourth-order valence-corrected chi connectivity index (χ4v) is 2.90. The van der Waals surface area contributed by atoms with Gasteiger partial charge in [0, 0.05) is 0 Å². The van der Waals surface area contributed by atoms with Gasteiger partial charge < -0.3 is 19.4 Å². The van der Waals surface area contributed by atoms with Crippen LogP contribution in [0, 0.1) is 13.8 Å². The van der Waals surface area contributed by atoms with E-state index in [-0.39, 0.29) is 5.75 Å². The Bertz CT molecular complexity index is 739. The second kappa shape index (κ2) is 6.35. The number of fused-ring (bicyclic) bond motifs is 1. The summed E-state index contributed by atoms with van der Waals surface area (Å²) in [5, 5.41) is 21.1. The summed E-state index contributed by atoms with van der Waals surface area (Å²) in [4.78, 5) is 16.1. The van der Waals surface area contributed by atoms with Crippen LogP contribution >= 0.6 is 11.3 Å². The summed E-state index contributed by atoms with van der Waals surface area (Å²) < 4.78 is 11.0. The number of nitrogens with one attached hydrogen (secondary N) is 1. The van der Waals surface area contributed by atoms with Crippen LogP contribution in [0.3, 0.4) is 0 Å². The number of thiazole rings is 1. The van der Waals surface area contributed by atoms with Crippen molar-refractivity contribution >= 4 is 40.1 Å². The molecule has 1 heterocycles. The third-order valence-electron chi connectivity index (χ3n) is 2.98. The highest BCUT2D eigenvalue weighted by molar-refractivity contribution is 7.22. The number of hydrogen-bond acceptors (Lipinski definition) is 7. The van der Waals surface area contributed by atoms with Crippen molar-refractivity contribution in [3.05, 3.63) is 17.2 Å². The third-order valence-corrected chi connectivity index (χ3v) is 3.90. The van der Waals surface area contributed by atoms with E-state index in [9.17, 15) is 4.79 Å². The Kier molecular flexibility index (Phi) is 4.83. The number of aromatic nitrogens is 1. The van der Waals surface area contributed by atoms with E-state index >= 15 is 0 Å². The fourth-order valence-electron chi connectivity index (χ4n) is 1.95. The molecule has 0 aliphatic carbocycles. The molecule has 23 heavy (non-hydrogen) atoms. The molecule has 0 bridgehead atoms. The minimum absolute atomic E-state index is 0.281. The van der Waals surface area contributed by atoms with Crippen LogP contribution in [-0.2, 0) is 4.74 Å². The van der Waals surface area contributed by atoms with Crippen LogP contribution in [0.5, 0.6) is 5.75 Å². The Balaban J connectivity index is 2.36. The van der Waals surface area contributed by atoms with Gasteiger partial charge in [-0.15, -0.1) is 0 Å². The number of anilines is 1. The predicted octanol–water partition coefficient (Wildman–Crippen LogP) is 2.61. The van der Waals surface area contributed by atoms with E-state index in [4.69, 9.17) is 19.4 Å². The van der Waals surface area contributed by atoms with E-state index in [1.54, 1.807) is 27.7 Å². The van der Waals surface area contributed by atoms with Gasteiger partial charge in [0.05, 0.1) is 4.70 Å². The molecule has 0 fully saturated rings. The van der Waals surface area contributed by atoms with Gasteiger partial charge in [-0.1, -0.05) is 11.3 Å². The van der Waals surface area contributed by atoms with Gasteiger partial charge in [-0.05, 0) is 51.8 Å². The summed E-state index contributed by atoms with van der Waals surface area (Å²) in [5.41, 5.74) is 1.51. The molecule has 124 valence electrons. The van der Waals surface area contributed by atoms with Gasteiger partial charge in [0.15, 0.2) is 5.13 Å². The number of ether oxygens (including phenoxy) is 1. The van der Waals surface area contributed by atoms with Crippen molar-refractivity contribution in [2.45, 2.75) is 40.2 Å². The molecule has 0 saturated heterocycles. The number of nitrogens with zero attached hydrogens (tertiary/aromatic N) is 1. The minimum atomic E-state index is -1.94. The van der Waals surface area contributed by atoms with Crippen LogP contribution < -0.4 is 9.97 Å². The lowest BCUT2D eigenvalue weighted by Crippen LogP contribution is -2.27. The molecule has 0 radical (unpaired) electrons. The van der Waals surface area contributed by atoms with Crippen molar-refractivity contribution in [2.24, 2.45) is 0 Å². The van der Waals surface area contributed by atoms with Crippen molar-refractivity contribution in [2.75, 3.05) is 5.32 Å². The lowest BCUT2D eigenvalue weighted by Gasteiger charge is -2.18. The van der Waals surface area contributed by atoms with E-state index in [0.717, 1.165) is 15.8 Å². The van der Waals surface area contributed by atoms with Crippen LogP contribution in [0.4, 0.5) is 9.93 Å². The van der Waals surface area contributed by atoms with Crippen molar-refractivity contribution < 1.29 is 24.2 Å². The highest BCUT2D eigenvalue weighted by Gasteiger charge is 2.21. The molecule has 0 atom stereocenters. The van der Waals surface area contributed by atoms with Crippen molar-refractivity contribution in [1.82, 2.24) is 4.98 Å². The normalized spacial score (nSPS) is 11.4. The summed E-state index contributed by atoms with van der Waals surface area (Å²) in [6, 6.07) is 1.90. The highest BCUT2D eigenvalue weighted by atomic mass is 32.1. The van der Waals surface area contributed by atoms with Crippen LogP contribution in [-0.4, -0.2) is 34.0 Å². The van der Waals surface area contributed by atoms with Gasteiger partial charge in [0.2, 0.25) is 0 Å². The Labute approximate surface area is 138 Å².